The number of non-ortho nitro benzene ring substituents is 1. The van der Waals surface area contributed by atoms with Crippen LogP contribution in [0.4, 0.5) is 16.2 Å². The van der Waals surface area contributed by atoms with Gasteiger partial charge in [0.1, 0.15) is 5.60 Å². The number of ether oxygens (including phenoxy) is 2. The molecule has 1 heterocycles. The third-order valence-electron chi connectivity index (χ3n) is 4.28. The summed E-state index contributed by atoms with van der Waals surface area (Å²) >= 11 is 0. The Bertz CT molecular complexity index is 759. The third kappa shape index (κ3) is 5.11. The van der Waals surface area contributed by atoms with Crippen molar-refractivity contribution in [2.45, 2.75) is 46.3 Å². The number of benzene rings is 1. The fourth-order valence-corrected chi connectivity index (χ4v) is 3.05. The molecule has 0 bridgehead atoms. The van der Waals surface area contributed by atoms with Crippen molar-refractivity contribution in [1.82, 2.24) is 4.90 Å². The lowest BCUT2D eigenvalue weighted by atomic mass is 10.1. The molecule has 9 nitrogen and oxygen atoms in total. The minimum absolute atomic E-state index is 0.147. The number of hydrogen-bond acceptors (Lipinski definition) is 7. The number of nitro groups is 1. The van der Waals surface area contributed by atoms with Gasteiger partial charge in [-0.1, -0.05) is 0 Å². The monoisotopic (exact) mass is 393 g/mol. The Morgan fingerprint density at radius 2 is 1.96 bits per heavy atom. The summed E-state index contributed by atoms with van der Waals surface area (Å²) in [5.41, 5.74) is -0.0513. The Balaban J connectivity index is 2.23. The van der Waals surface area contributed by atoms with Gasteiger partial charge in [0.2, 0.25) is 0 Å². The second kappa shape index (κ2) is 8.45. The number of nitro benzene ring substituents is 1. The molecule has 1 aromatic rings. The van der Waals surface area contributed by atoms with Crippen molar-refractivity contribution in [2.75, 3.05) is 31.1 Å². The molecule has 28 heavy (non-hydrogen) atoms. The van der Waals surface area contributed by atoms with Gasteiger partial charge in [-0.15, -0.1) is 0 Å². The van der Waals surface area contributed by atoms with Crippen LogP contribution in [0.3, 0.4) is 0 Å². The van der Waals surface area contributed by atoms with E-state index in [1.54, 1.807) is 17.9 Å². The molecular formula is C19H27N3O6. The zero-order valence-corrected chi connectivity index (χ0v) is 16.9. The van der Waals surface area contributed by atoms with E-state index in [1.807, 2.05) is 32.6 Å². The highest BCUT2D eigenvalue weighted by atomic mass is 16.6. The molecule has 0 aliphatic carbocycles. The lowest BCUT2D eigenvalue weighted by molar-refractivity contribution is -0.384. The van der Waals surface area contributed by atoms with Crippen LogP contribution in [0, 0.1) is 10.1 Å². The molecule has 0 saturated carbocycles. The first-order valence-corrected chi connectivity index (χ1v) is 9.23. The van der Waals surface area contributed by atoms with E-state index in [2.05, 4.69) is 0 Å². The van der Waals surface area contributed by atoms with Gasteiger partial charge >= 0.3 is 12.1 Å². The predicted molar refractivity (Wildman–Crippen MR) is 104 cm³/mol. The third-order valence-corrected chi connectivity index (χ3v) is 4.28. The van der Waals surface area contributed by atoms with Crippen LogP contribution in [0.15, 0.2) is 18.2 Å². The maximum absolute atomic E-state index is 12.4. The SMILES string of the molecule is CCOC(=O)c1cc([N+](=O)[O-])ccc1N1CCN(C(=O)OC(C)(C)C)C(C)C1. The molecule has 0 spiro atoms. The summed E-state index contributed by atoms with van der Waals surface area (Å²) in [5.74, 6) is -0.608. The molecule has 9 heteroatoms. The zero-order valence-electron chi connectivity index (χ0n) is 16.9. The number of esters is 1. The van der Waals surface area contributed by atoms with Crippen LogP contribution in [0.25, 0.3) is 0 Å². The number of anilines is 1. The van der Waals surface area contributed by atoms with E-state index in [-0.39, 0.29) is 30.0 Å². The van der Waals surface area contributed by atoms with E-state index < -0.39 is 16.5 Å². The average Bonchev–Trinajstić information content (AvgIpc) is 2.59. The fraction of sp³-hybridized carbons (Fsp3) is 0.579. The van der Waals surface area contributed by atoms with E-state index in [0.717, 1.165) is 0 Å². The highest BCUT2D eigenvalue weighted by Crippen LogP contribution is 2.29. The standard InChI is InChI=1S/C19H27N3O6/c1-6-27-17(23)15-11-14(22(25)26)7-8-16(15)20-9-10-21(13(2)12-20)18(24)28-19(3,4)5/h7-8,11,13H,6,9-10,12H2,1-5H3. The van der Waals surface area contributed by atoms with E-state index in [9.17, 15) is 19.7 Å². The zero-order chi connectivity index (χ0) is 21.1. The summed E-state index contributed by atoms with van der Waals surface area (Å²) in [6.07, 6.45) is -0.381. The molecule has 1 unspecified atom stereocenters. The van der Waals surface area contributed by atoms with Crippen LogP contribution >= 0.6 is 0 Å². The number of nitrogens with zero attached hydrogens (tertiary/aromatic N) is 3. The predicted octanol–water partition coefficient (Wildman–Crippen LogP) is 3.22. The Morgan fingerprint density at radius 3 is 2.50 bits per heavy atom. The summed E-state index contributed by atoms with van der Waals surface area (Å²) in [5, 5.41) is 11.1. The maximum atomic E-state index is 12.4. The highest BCUT2D eigenvalue weighted by molar-refractivity contribution is 5.96. The van der Waals surface area contributed by atoms with Gasteiger partial charge < -0.3 is 19.3 Å². The summed E-state index contributed by atoms with van der Waals surface area (Å²) in [6.45, 7) is 10.5. The Morgan fingerprint density at radius 1 is 1.29 bits per heavy atom. The van der Waals surface area contributed by atoms with Gasteiger partial charge in [-0.05, 0) is 40.7 Å². The van der Waals surface area contributed by atoms with E-state index in [0.29, 0.717) is 25.3 Å². The van der Waals surface area contributed by atoms with Gasteiger partial charge in [0, 0.05) is 37.8 Å². The van der Waals surface area contributed by atoms with E-state index >= 15 is 0 Å². The molecule has 1 amide bonds. The van der Waals surface area contributed by atoms with Gasteiger partial charge in [-0.2, -0.15) is 0 Å². The first kappa shape index (κ1) is 21.5. The van der Waals surface area contributed by atoms with Crippen molar-refractivity contribution in [2.24, 2.45) is 0 Å². The van der Waals surface area contributed by atoms with Crippen LogP contribution in [-0.4, -0.2) is 59.8 Å². The molecule has 1 aliphatic rings. The highest BCUT2D eigenvalue weighted by Gasteiger charge is 2.32. The van der Waals surface area contributed by atoms with Crippen molar-refractivity contribution >= 4 is 23.4 Å². The molecule has 0 aromatic heterocycles. The van der Waals surface area contributed by atoms with Gasteiger partial charge in [0.15, 0.2) is 0 Å². The quantitative estimate of drug-likeness (QED) is 0.440. The number of piperazine rings is 1. The number of amides is 1. The average molecular weight is 393 g/mol. The number of rotatable bonds is 4. The lowest BCUT2D eigenvalue weighted by Crippen LogP contribution is -2.55. The Kier molecular flexibility index (Phi) is 6.48. The summed E-state index contributed by atoms with van der Waals surface area (Å²) < 4.78 is 10.5. The molecule has 1 aromatic carbocycles. The number of carbonyl (C=O) groups excluding carboxylic acids is 2. The van der Waals surface area contributed by atoms with Gasteiger partial charge in [-0.25, -0.2) is 9.59 Å². The second-order valence-corrected chi connectivity index (χ2v) is 7.65. The van der Waals surface area contributed by atoms with Crippen molar-refractivity contribution in [3.05, 3.63) is 33.9 Å². The summed E-state index contributed by atoms with van der Waals surface area (Å²) in [4.78, 5) is 38.8. The van der Waals surface area contributed by atoms with Crippen molar-refractivity contribution in [3.63, 3.8) is 0 Å². The van der Waals surface area contributed by atoms with Crippen LogP contribution in [0.1, 0.15) is 45.0 Å². The lowest BCUT2D eigenvalue weighted by Gasteiger charge is -2.41. The molecule has 2 rings (SSSR count). The Labute approximate surface area is 164 Å². The van der Waals surface area contributed by atoms with Crippen molar-refractivity contribution in [3.8, 4) is 0 Å². The smallest absolute Gasteiger partial charge is 0.410 e. The van der Waals surface area contributed by atoms with Crippen LogP contribution in [0.2, 0.25) is 0 Å². The fourth-order valence-electron chi connectivity index (χ4n) is 3.05. The molecule has 154 valence electrons. The molecule has 0 N–H and O–H groups in total. The van der Waals surface area contributed by atoms with Crippen molar-refractivity contribution < 1.29 is 24.0 Å². The minimum Gasteiger partial charge on any atom is -0.462 e. The van der Waals surface area contributed by atoms with Crippen molar-refractivity contribution in [1.29, 1.82) is 0 Å². The largest absolute Gasteiger partial charge is 0.462 e. The molecule has 1 atom stereocenters. The first-order chi connectivity index (χ1) is 13.0. The molecular weight excluding hydrogens is 366 g/mol. The van der Waals surface area contributed by atoms with Gasteiger partial charge in [0.25, 0.3) is 5.69 Å². The molecule has 1 aliphatic heterocycles. The molecule has 0 radical (unpaired) electrons. The van der Waals surface area contributed by atoms with Crippen LogP contribution < -0.4 is 4.90 Å². The maximum Gasteiger partial charge on any atom is 0.410 e. The second-order valence-electron chi connectivity index (χ2n) is 7.65. The summed E-state index contributed by atoms with van der Waals surface area (Å²) in [7, 11) is 0. The minimum atomic E-state index is -0.608. The van der Waals surface area contributed by atoms with Gasteiger partial charge in [-0.3, -0.25) is 10.1 Å². The topological polar surface area (TPSA) is 102 Å². The first-order valence-electron chi connectivity index (χ1n) is 9.23. The van der Waals surface area contributed by atoms with E-state index in [4.69, 9.17) is 9.47 Å². The molecule has 1 fully saturated rings. The van der Waals surface area contributed by atoms with Crippen LogP contribution in [0.5, 0.6) is 0 Å². The number of carbonyl (C=O) groups is 2. The van der Waals surface area contributed by atoms with Gasteiger partial charge in [0.05, 0.1) is 22.8 Å². The van der Waals surface area contributed by atoms with E-state index in [1.165, 1.54) is 12.1 Å². The van der Waals surface area contributed by atoms with Crippen LogP contribution in [-0.2, 0) is 9.47 Å². The summed E-state index contributed by atoms with van der Waals surface area (Å²) in [6, 6.07) is 4.00. The Hall–Kier alpha value is -2.84. The molecule has 1 saturated heterocycles. The number of hydrogen-bond donors (Lipinski definition) is 0. The normalized spacial score (nSPS) is 17.2.